The Morgan fingerprint density at radius 1 is 0.912 bits per heavy atom. The molecule has 0 aliphatic carbocycles. The fourth-order valence-corrected chi connectivity index (χ4v) is 1.77. The minimum Gasteiger partial charge on any atom is -0.347 e. The zero-order chi connectivity index (χ0) is 26.9. The lowest BCUT2D eigenvalue weighted by Gasteiger charge is -2.26. The van der Waals surface area contributed by atoms with Crippen molar-refractivity contribution in [3.8, 4) is 0 Å². The van der Waals surface area contributed by atoms with Gasteiger partial charge < -0.3 is 10.6 Å². The van der Waals surface area contributed by atoms with Gasteiger partial charge >= 0.3 is 18.0 Å². The van der Waals surface area contributed by atoms with Crippen LogP contribution in [-0.2, 0) is 24.0 Å². The zero-order valence-electron chi connectivity index (χ0n) is 17.0. The first-order valence-electron chi connectivity index (χ1n) is 8.85. The smallest absolute Gasteiger partial charge is 0.347 e. The van der Waals surface area contributed by atoms with E-state index < -0.39 is 86.3 Å². The lowest BCUT2D eigenvalue weighted by molar-refractivity contribution is -0.162. The summed E-state index contributed by atoms with van der Waals surface area (Å²) in [7, 11) is 0. The van der Waals surface area contributed by atoms with E-state index in [1.807, 2.05) is 0 Å². The van der Waals surface area contributed by atoms with Gasteiger partial charge in [0.15, 0.2) is 12.2 Å². The van der Waals surface area contributed by atoms with Crippen molar-refractivity contribution < 1.29 is 63.5 Å². The second-order valence-electron chi connectivity index (χ2n) is 6.29. The van der Waals surface area contributed by atoms with E-state index >= 15 is 0 Å². The van der Waals surface area contributed by atoms with Crippen LogP contribution in [0, 0.1) is 0 Å². The molecule has 0 fully saturated rings. The van der Waals surface area contributed by atoms with Crippen LogP contribution in [0.25, 0.3) is 0 Å². The Balaban J connectivity index is 5.24. The number of carbonyl (C=O) groups is 5. The minimum absolute atomic E-state index is 0.366. The average Bonchev–Trinajstić information content (AvgIpc) is 2.68. The molecular formula is C15H18F9N5O5. The molecule has 2 atom stereocenters. The summed E-state index contributed by atoms with van der Waals surface area (Å²) in [6, 6.07) is -3.00. The Morgan fingerprint density at radius 2 is 1.47 bits per heavy atom. The van der Waals surface area contributed by atoms with E-state index in [2.05, 4.69) is 0 Å². The van der Waals surface area contributed by atoms with Crippen LogP contribution in [-0.4, -0.2) is 78.6 Å². The number of hydrazine groups is 2. The first-order valence-corrected chi connectivity index (χ1v) is 8.85. The summed E-state index contributed by atoms with van der Waals surface area (Å²) in [5.41, 5.74) is 2.45. The average molecular weight is 519 g/mol. The van der Waals surface area contributed by atoms with Gasteiger partial charge in [-0.3, -0.25) is 28.4 Å². The van der Waals surface area contributed by atoms with Gasteiger partial charge in [0.2, 0.25) is 11.8 Å². The number of alkyl halides is 9. The van der Waals surface area contributed by atoms with E-state index in [-0.39, 0.29) is 5.12 Å². The predicted molar refractivity (Wildman–Crippen MR) is 90.9 cm³/mol. The molecule has 0 aliphatic rings. The third-order valence-corrected chi connectivity index (χ3v) is 3.38. The van der Waals surface area contributed by atoms with Gasteiger partial charge in [0.05, 0.1) is 19.6 Å². The van der Waals surface area contributed by atoms with Gasteiger partial charge in [-0.25, -0.2) is 24.0 Å². The molecule has 19 heteroatoms. The maximum atomic E-state index is 14.0. The van der Waals surface area contributed by atoms with Gasteiger partial charge in [0.1, 0.15) is 6.42 Å². The summed E-state index contributed by atoms with van der Waals surface area (Å²) in [5, 5.41) is 1.73. The highest BCUT2D eigenvalue weighted by Gasteiger charge is 2.43. The number of nitrogens with zero attached hydrogens (tertiary/aromatic N) is 1. The van der Waals surface area contributed by atoms with Gasteiger partial charge in [-0.15, -0.1) is 0 Å². The van der Waals surface area contributed by atoms with E-state index in [0.717, 1.165) is 16.1 Å². The normalized spacial score (nSPS) is 13.5. The third kappa shape index (κ3) is 11.0. The maximum Gasteiger partial charge on any atom is 0.397 e. The summed E-state index contributed by atoms with van der Waals surface area (Å²) in [5.74, 6) is -14.5. The summed E-state index contributed by atoms with van der Waals surface area (Å²) >= 11 is 0. The summed E-state index contributed by atoms with van der Waals surface area (Å²) < 4.78 is 115. The lowest BCUT2D eigenvalue weighted by atomic mass is 10.2. The van der Waals surface area contributed by atoms with Gasteiger partial charge in [0, 0.05) is 0 Å². The van der Waals surface area contributed by atoms with Gasteiger partial charge in [-0.1, -0.05) is 0 Å². The summed E-state index contributed by atoms with van der Waals surface area (Å²) in [4.78, 5) is 57.3. The first-order chi connectivity index (χ1) is 15.4. The quantitative estimate of drug-likeness (QED) is 0.239. The number of carbonyl (C=O) groups excluding carboxylic acids is 5. The van der Waals surface area contributed by atoms with E-state index in [0.29, 0.717) is 6.92 Å². The molecule has 0 heterocycles. The largest absolute Gasteiger partial charge is 0.397 e. The minimum atomic E-state index is -5.13. The molecule has 2 unspecified atom stereocenters. The Labute approximate surface area is 184 Å². The molecule has 0 aromatic rings. The molecule has 0 rings (SSSR count). The van der Waals surface area contributed by atoms with E-state index in [9.17, 15) is 63.5 Å². The molecule has 0 aromatic heterocycles. The highest BCUT2D eigenvalue weighted by Crippen LogP contribution is 2.19. The molecule has 196 valence electrons. The molecule has 0 bridgehead atoms. The van der Waals surface area contributed by atoms with Crippen molar-refractivity contribution in [2.24, 2.45) is 0 Å². The van der Waals surface area contributed by atoms with Crippen LogP contribution < -0.4 is 21.5 Å². The Morgan fingerprint density at radius 3 is 1.91 bits per heavy atom. The second kappa shape index (κ2) is 12.8. The van der Waals surface area contributed by atoms with Crippen molar-refractivity contribution in [1.82, 2.24) is 26.6 Å². The summed E-state index contributed by atoms with van der Waals surface area (Å²) in [6.07, 6.45) is -14.6. The van der Waals surface area contributed by atoms with Gasteiger partial charge in [0.25, 0.3) is 18.2 Å². The molecule has 34 heavy (non-hydrogen) atoms. The molecule has 4 N–H and O–H groups in total. The molecule has 0 saturated heterocycles. The molecule has 0 saturated carbocycles. The molecule has 0 radical (unpaired) electrons. The van der Waals surface area contributed by atoms with Crippen LogP contribution in [0.4, 0.5) is 39.5 Å². The van der Waals surface area contributed by atoms with Crippen LogP contribution in [0.2, 0.25) is 0 Å². The molecule has 0 aromatic carbocycles. The number of amides is 5. The third-order valence-electron chi connectivity index (χ3n) is 3.38. The maximum absolute atomic E-state index is 14.0. The van der Waals surface area contributed by atoms with Crippen molar-refractivity contribution in [3.63, 3.8) is 0 Å². The fraction of sp³-hybridized carbons (Fsp3) is 0.667. The van der Waals surface area contributed by atoms with Crippen molar-refractivity contribution >= 4 is 29.5 Å². The zero-order valence-corrected chi connectivity index (χ0v) is 17.0. The van der Waals surface area contributed by atoms with Crippen LogP contribution >= 0.6 is 0 Å². The van der Waals surface area contributed by atoms with E-state index in [1.165, 1.54) is 5.43 Å². The number of hydrogen-bond donors (Lipinski definition) is 4. The number of nitrogens with one attached hydrogen (secondary N) is 4. The topological polar surface area (TPSA) is 137 Å². The van der Waals surface area contributed by atoms with Crippen LogP contribution in [0.3, 0.4) is 0 Å². The predicted octanol–water partition coefficient (Wildman–Crippen LogP) is 0.0488. The number of rotatable bonds is 10. The number of halogens is 9. The van der Waals surface area contributed by atoms with E-state index in [4.69, 9.17) is 0 Å². The standard InChI is InChI=1S/C15H18F9N5O5/c1-6(17)11(32)27-29(8(31)2-3-16)28-13(34)14(20,21)5-25-12(33)9(10(18)19)26-7(30)4-15(22,23)24/h6,9-10H,2-5H2,1H3,(H,25,33)(H,26,30)(H,27,32)(H,28,34). The highest BCUT2D eigenvalue weighted by atomic mass is 19.4. The molecule has 0 spiro atoms. The monoisotopic (exact) mass is 519 g/mol. The second-order valence-corrected chi connectivity index (χ2v) is 6.29. The highest BCUT2D eigenvalue weighted by molar-refractivity contribution is 5.91. The molecule has 0 aliphatic heterocycles. The molecular weight excluding hydrogens is 501 g/mol. The van der Waals surface area contributed by atoms with Crippen LogP contribution in [0.1, 0.15) is 19.8 Å². The van der Waals surface area contributed by atoms with Crippen molar-refractivity contribution in [1.29, 1.82) is 0 Å². The Kier molecular flexibility index (Phi) is 11.6. The van der Waals surface area contributed by atoms with Crippen LogP contribution in [0.15, 0.2) is 0 Å². The van der Waals surface area contributed by atoms with Gasteiger partial charge in [-0.2, -0.15) is 27.1 Å². The van der Waals surface area contributed by atoms with Crippen LogP contribution in [0.5, 0.6) is 0 Å². The SMILES string of the molecule is CC(F)C(=O)NN(NC(=O)C(F)(F)CNC(=O)C(NC(=O)CC(F)(F)F)C(F)F)C(=O)CCF. The van der Waals surface area contributed by atoms with Crippen molar-refractivity contribution in [3.05, 3.63) is 0 Å². The van der Waals surface area contributed by atoms with E-state index in [1.54, 1.807) is 0 Å². The molecule has 10 nitrogen and oxygen atoms in total. The Hall–Kier alpha value is -3.28. The lowest BCUT2D eigenvalue weighted by Crippen LogP contribution is -2.62. The molecule has 5 amide bonds. The van der Waals surface area contributed by atoms with Gasteiger partial charge in [-0.05, 0) is 6.92 Å². The fourth-order valence-electron chi connectivity index (χ4n) is 1.77. The summed E-state index contributed by atoms with van der Waals surface area (Å²) in [6.45, 7) is -2.80. The Bertz CT molecular complexity index is 763. The van der Waals surface area contributed by atoms with Crippen molar-refractivity contribution in [2.45, 2.75) is 50.5 Å². The number of hydrogen-bond acceptors (Lipinski definition) is 5. The first kappa shape index (κ1) is 30.7. The van der Waals surface area contributed by atoms with Crippen molar-refractivity contribution in [2.75, 3.05) is 13.2 Å².